The molecule has 0 saturated carbocycles. The molecule has 0 radical (unpaired) electrons. The van der Waals surface area contributed by atoms with E-state index in [-0.39, 0.29) is 24.1 Å². The molecule has 0 aliphatic rings. The Morgan fingerprint density at radius 2 is 1.94 bits per heavy atom. The van der Waals surface area contributed by atoms with Crippen LogP contribution in [0.5, 0.6) is 0 Å². The number of amides is 3. The molecule has 12 heteroatoms. The van der Waals surface area contributed by atoms with Gasteiger partial charge in [-0.3, -0.25) is 25.0 Å². The van der Waals surface area contributed by atoms with Gasteiger partial charge in [0.1, 0.15) is 0 Å². The lowest BCUT2D eigenvalue weighted by molar-refractivity contribution is -0.130. The zero-order valence-electron chi connectivity index (χ0n) is 18.5. The van der Waals surface area contributed by atoms with Gasteiger partial charge < -0.3 is 5.32 Å². The molecule has 0 spiro atoms. The van der Waals surface area contributed by atoms with Gasteiger partial charge in [0.25, 0.3) is 17.7 Å². The highest BCUT2D eigenvalue weighted by atomic mass is 32.2. The van der Waals surface area contributed by atoms with Crippen molar-refractivity contribution in [2.45, 2.75) is 37.4 Å². The zero-order valence-corrected chi connectivity index (χ0v) is 20.2. The van der Waals surface area contributed by atoms with Crippen LogP contribution in [0.1, 0.15) is 52.0 Å². The third-order valence-corrected chi connectivity index (χ3v) is 8.13. The number of hydrogen-bond acceptors (Lipinski definition) is 8. The van der Waals surface area contributed by atoms with Crippen LogP contribution in [0.25, 0.3) is 0 Å². The first-order valence-corrected chi connectivity index (χ1v) is 12.9. The second-order valence-electron chi connectivity index (χ2n) is 7.63. The van der Waals surface area contributed by atoms with E-state index in [2.05, 4.69) is 5.32 Å². The summed E-state index contributed by atoms with van der Waals surface area (Å²) in [5.74, 6) is 1.93. The minimum absolute atomic E-state index is 0.0550. The van der Waals surface area contributed by atoms with Crippen molar-refractivity contribution in [3.05, 3.63) is 57.3 Å². The molecule has 3 amide bonds. The number of nitrogens with two attached hydrogens (primary N) is 1. The van der Waals surface area contributed by atoms with Crippen molar-refractivity contribution in [2.24, 2.45) is 5.84 Å². The average Bonchev–Trinajstić information content (AvgIpc) is 3.31. The lowest BCUT2D eigenvalue weighted by Gasteiger charge is -2.33. The van der Waals surface area contributed by atoms with Gasteiger partial charge in [0.2, 0.25) is 0 Å². The highest BCUT2D eigenvalue weighted by Crippen LogP contribution is 2.40. The molecule has 0 unspecified atom stereocenters. The molecule has 0 fully saturated rings. The van der Waals surface area contributed by atoms with Crippen LogP contribution < -0.4 is 22.1 Å². The van der Waals surface area contributed by atoms with Gasteiger partial charge in [-0.15, -0.1) is 11.3 Å². The van der Waals surface area contributed by atoms with Crippen LogP contribution in [0.15, 0.2) is 35.7 Å². The maximum atomic E-state index is 13.0. The average molecular weight is 497 g/mol. The van der Waals surface area contributed by atoms with E-state index in [9.17, 15) is 28.0 Å². The van der Waals surface area contributed by atoms with Crippen LogP contribution in [0.4, 0.5) is 0 Å². The fourth-order valence-corrected chi connectivity index (χ4v) is 6.04. The molecule has 0 aliphatic heterocycles. The van der Waals surface area contributed by atoms with Crippen LogP contribution in [0.2, 0.25) is 0 Å². The van der Waals surface area contributed by atoms with Crippen LogP contribution >= 0.6 is 11.3 Å². The molecule has 33 heavy (non-hydrogen) atoms. The summed E-state index contributed by atoms with van der Waals surface area (Å²) in [6.07, 6.45) is 1.15. The van der Waals surface area contributed by atoms with E-state index in [0.717, 1.165) is 6.26 Å². The Bertz CT molecular complexity index is 1120. The smallest absolute Gasteiger partial charge is 0.261 e. The molecule has 1 aromatic carbocycles. The second-order valence-corrected chi connectivity index (χ2v) is 10.8. The van der Waals surface area contributed by atoms with Gasteiger partial charge in [0.05, 0.1) is 10.8 Å². The number of hydrazine groups is 1. The molecular formula is C21H28N4O6S2. The van der Waals surface area contributed by atoms with Gasteiger partial charge in [0, 0.05) is 12.8 Å². The Morgan fingerprint density at radius 3 is 2.45 bits per heavy atom. The Morgan fingerprint density at radius 1 is 1.24 bits per heavy atom. The summed E-state index contributed by atoms with van der Waals surface area (Å²) >= 11 is 1.21. The van der Waals surface area contributed by atoms with Crippen molar-refractivity contribution in [3.8, 4) is 0 Å². The first kappa shape index (κ1) is 26.5. The van der Waals surface area contributed by atoms with E-state index in [1.807, 2.05) is 5.43 Å². The minimum atomic E-state index is -4.09. The van der Waals surface area contributed by atoms with Crippen LogP contribution in [0, 0.1) is 6.92 Å². The van der Waals surface area contributed by atoms with E-state index in [1.165, 1.54) is 17.4 Å². The first-order chi connectivity index (χ1) is 15.5. The van der Waals surface area contributed by atoms with Gasteiger partial charge in [0.15, 0.2) is 14.6 Å². The predicted molar refractivity (Wildman–Crippen MR) is 124 cm³/mol. The van der Waals surface area contributed by atoms with Crippen LogP contribution in [0.3, 0.4) is 0 Å². The quantitative estimate of drug-likeness (QED) is 0.142. The monoisotopic (exact) mass is 496 g/mol. The molecule has 0 aliphatic carbocycles. The maximum Gasteiger partial charge on any atom is 0.261 e. The molecule has 0 bridgehead atoms. The fourth-order valence-electron chi connectivity index (χ4n) is 3.84. The molecule has 2 aromatic rings. The summed E-state index contributed by atoms with van der Waals surface area (Å²) < 4.78 is 24.0. The third-order valence-electron chi connectivity index (χ3n) is 5.39. The number of nitrogens with one attached hydrogen (secondary N) is 3. The Balaban J connectivity index is 2.70. The lowest BCUT2D eigenvalue weighted by atomic mass is 9.82. The Kier molecular flexibility index (Phi) is 8.72. The summed E-state index contributed by atoms with van der Waals surface area (Å²) in [4.78, 5) is 38.5. The Labute approximate surface area is 196 Å². The lowest BCUT2D eigenvalue weighted by Crippen LogP contribution is -2.52. The summed E-state index contributed by atoms with van der Waals surface area (Å²) in [5, 5.41) is 13.7. The Hall–Kier alpha value is -2.80. The van der Waals surface area contributed by atoms with Gasteiger partial charge >= 0.3 is 0 Å². The highest BCUT2D eigenvalue weighted by Gasteiger charge is 2.51. The minimum Gasteiger partial charge on any atom is -0.350 e. The van der Waals surface area contributed by atoms with Gasteiger partial charge in [-0.2, -0.15) is 0 Å². The van der Waals surface area contributed by atoms with Crippen molar-refractivity contribution in [1.82, 2.24) is 16.2 Å². The summed E-state index contributed by atoms with van der Waals surface area (Å²) in [5.41, 5.74) is 4.44. The molecule has 2 rings (SSSR count). The topological polar surface area (TPSA) is 168 Å². The number of sulfone groups is 1. The number of aryl methyl sites for hydroxylation is 1. The standard InChI is InChI=1S/C21H28N4O6S2/c1-4-9-21(20(28)24-22,33(3,30)31)16-8-7-13(2)11-14(16)15(18(26)25-29)12-23-19(27)17-6-5-10-32-17/h5-8,10-11,15,29H,4,9,12,22H2,1-3H3,(H,23,27)(H,24,28)(H,25,26)/t15-,21+/m0/s1. The molecule has 10 nitrogen and oxygen atoms in total. The number of carbonyl (C=O) groups is 3. The first-order valence-electron chi connectivity index (χ1n) is 10.1. The molecule has 180 valence electrons. The van der Waals surface area contributed by atoms with E-state index in [4.69, 9.17) is 5.84 Å². The molecule has 1 heterocycles. The molecular weight excluding hydrogens is 468 g/mol. The van der Waals surface area contributed by atoms with Gasteiger partial charge in [-0.25, -0.2) is 19.7 Å². The number of thiophene rings is 1. The summed E-state index contributed by atoms with van der Waals surface area (Å²) in [7, 11) is -4.09. The number of hydrogen-bond donors (Lipinski definition) is 5. The van der Waals surface area contributed by atoms with Crippen molar-refractivity contribution >= 4 is 38.9 Å². The fraction of sp³-hybridized carbons (Fsp3) is 0.381. The van der Waals surface area contributed by atoms with Gasteiger partial charge in [-0.05, 0) is 35.9 Å². The van der Waals surface area contributed by atoms with Crippen molar-refractivity contribution < 1.29 is 28.0 Å². The van der Waals surface area contributed by atoms with E-state index in [1.54, 1.807) is 49.0 Å². The molecule has 2 atom stereocenters. The van der Waals surface area contributed by atoms with E-state index < -0.39 is 38.2 Å². The summed E-state index contributed by atoms with van der Waals surface area (Å²) in [6, 6.07) is 7.96. The SMILES string of the molecule is CCC[C@](C(=O)NN)(c1ccc(C)cc1[C@H](CNC(=O)c1cccs1)C(=O)NO)S(C)(=O)=O. The summed E-state index contributed by atoms with van der Waals surface area (Å²) in [6.45, 7) is 3.20. The largest absolute Gasteiger partial charge is 0.350 e. The van der Waals surface area contributed by atoms with E-state index >= 15 is 0 Å². The van der Waals surface area contributed by atoms with E-state index in [0.29, 0.717) is 16.9 Å². The second kappa shape index (κ2) is 10.9. The number of benzene rings is 1. The predicted octanol–water partition coefficient (Wildman–Crippen LogP) is 1.11. The van der Waals surface area contributed by atoms with Crippen molar-refractivity contribution in [1.29, 1.82) is 0 Å². The highest BCUT2D eigenvalue weighted by molar-refractivity contribution is 7.92. The number of rotatable bonds is 10. The van der Waals surface area contributed by atoms with Crippen molar-refractivity contribution in [2.75, 3.05) is 12.8 Å². The van der Waals surface area contributed by atoms with Crippen molar-refractivity contribution in [3.63, 3.8) is 0 Å². The van der Waals surface area contributed by atoms with Crippen LogP contribution in [-0.2, 0) is 24.2 Å². The maximum absolute atomic E-state index is 13.0. The zero-order chi connectivity index (χ0) is 24.8. The molecule has 1 aromatic heterocycles. The number of hydroxylamine groups is 1. The molecule has 6 N–H and O–H groups in total. The normalized spacial score (nSPS) is 14.1. The third kappa shape index (κ3) is 5.41. The molecule has 0 saturated heterocycles. The van der Waals surface area contributed by atoms with Gasteiger partial charge in [-0.1, -0.05) is 43.2 Å². The van der Waals surface area contributed by atoms with Crippen LogP contribution in [-0.4, -0.2) is 44.1 Å². The number of carbonyl (C=O) groups excluding carboxylic acids is 3.